The van der Waals surface area contributed by atoms with E-state index in [1.807, 2.05) is 0 Å². The van der Waals surface area contributed by atoms with Crippen LogP contribution in [-0.4, -0.2) is 19.9 Å². The van der Waals surface area contributed by atoms with Crippen molar-refractivity contribution in [1.29, 1.82) is 0 Å². The molecular formula is C19H21F3N2O3S. The number of amides is 1. The summed E-state index contributed by atoms with van der Waals surface area (Å²) in [5, 5.41) is 2.18. The summed E-state index contributed by atoms with van der Waals surface area (Å²) >= 11 is 0. The second kappa shape index (κ2) is 8.32. The Labute approximate surface area is 162 Å². The molecule has 0 radical (unpaired) electrons. The van der Waals surface area contributed by atoms with E-state index >= 15 is 0 Å². The molecule has 1 amide bonds. The number of aryl methyl sites for hydroxylation is 1. The average molecular weight is 414 g/mol. The number of hydrogen-bond donors (Lipinski definition) is 2. The van der Waals surface area contributed by atoms with Gasteiger partial charge in [-0.15, -0.1) is 0 Å². The zero-order valence-electron chi connectivity index (χ0n) is 15.6. The fraction of sp³-hybridized carbons (Fsp3) is 0.316. The lowest BCUT2D eigenvalue weighted by molar-refractivity contribution is -0.116. The number of nitrogens with one attached hydrogen (secondary N) is 2. The van der Waals surface area contributed by atoms with Crippen molar-refractivity contribution in [3.8, 4) is 0 Å². The Morgan fingerprint density at radius 3 is 2.14 bits per heavy atom. The molecule has 0 saturated carbocycles. The SMILES string of the molecule is CC(C)(C)NS(=O)(=O)c1ccc(CCC(=O)Nc2ccc(F)c(F)c2F)cc1. The molecule has 152 valence electrons. The number of sulfonamides is 1. The van der Waals surface area contributed by atoms with Gasteiger partial charge < -0.3 is 5.32 Å². The molecule has 0 unspecified atom stereocenters. The Morgan fingerprint density at radius 2 is 1.57 bits per heavy atom. The molecular weight excluding hydrogens is 393 g/mol. The molecule has 2 rings (SSSR count). The van der Waals surface area contributed by atoms with Gasteiger partial charge in [-0.3, -0.25) is 4.79 Å². The molecule has 0 heterocycles. The maximum absolute atomic E-state index is 13.6. The third-order valence-corrected chi connectivity index (χ3v) is 5.40. The van der Waals surface area contributed by atoms with Crippen LogP contribution in [0.3, 0.4) is 0 Å². The topological polar surface area (TPSA) is 75.3 Å². The highest BCUT2D eigenvalue weighted by molar-refractivity contribution is 7.89. The molecule has 0 atom stereocenters. The summed E-state index contributed by atoms with van der Waals surface area (Å²) in [6, 6.07) is 7.66. The Bertz CT molecular complexity index is 969. The van der Waals surface area contributed by atoms with E-state index in [0.717, 1.165) is 12.1 Å². The van der Waals surface area contributed by atoms with Crippen LogP contribution >= 0.6 is 0 Å². The summed E-state index contributed by atoms with van der Waals surface area (Å²) in [7, 11) is -3.66. The zero-order chi connectivity index (χ0) is 21.1. The zero-order valence-corrected chi connectivity index (χ0v) is 16.5. The molecule has 0 saturated heterocycles. The van der Waals surface area contributed by atoms with Gasteiger partial charge in [-0.05, 0) is 57.0 Å². The number of carbonyl (C=O) groups excluding carboxylic acids is 1. The average Bonchev–Trinajstić information content (AvgIpc) is 2.59. The first-order chi connectivity index (χ1) is 12.9. The molecule has 0 aromatic heterocycles. The summed E-state index contributed by atoms with van der Waals surface area (Å²) in [6.07, 6.45) is 0.203. The number of anilines is 1. The molecule has 2 aromatic rings. The second-order valence-corrected chi connectivity index (χ2v) is 8.95. The molecule has 2 N–H and O–H groups in total. The van der Waals surface area contributed by atoms with E-state index < -0.39 is 44.6 Å². The highest BCUT2D eigenvalue weighted by atomic mass is 32.2. The third-order valence-electron chi connectivity index (χ3n) is 3.62. The normalized spacial score (nSPS) is 12.1. The summed E-state index contributed by atoms with van der Waals surface area (Å²) in [6.45, 7) is 5.19. The molecule has 0 aliphatic carbocycles. The van der Waals surface area contributed by atoms with Gasteiger partial charge in [-0.25, -0.2) is 26.3 Å². The highest BCUT2D eigenvalue weighted by Crippen LogP contribution is 2.20. The van der Waals surface area contributed by atoms with Crippen LogP contribution in [0.2, 0.25) is 0 Å². The highest BCUT2D eigenvalue weighted by Gasteiger charge is 2.21. The van der Waals surface area contributed by atoms with E-state index in [1.54, 1.807) is 32.9 Å². The second-order valence-electron chi connectivity index (χ2n) is 7.27. The van der Waals surface area contributed by atoms with Crippen LogP contribution in [0.1, 0.15) is 32.8 Å². The van der Waals surface area contributed by atoms with Crippen molar-refractivity contribution < 1.29 is 26.4 Å². The predicted molar refractivity (Wildman–Crippen MR) is 99.8 cm³/mol. The fourth-order valence-electron chi connectivity index (χ4n) is 2.39. The number of halogens is 3. The van der Waals surface area contributed by atoms with Crippen molar-refractivity contribution in [2.24, 2.45) is 0 Å². The van der Waals surface area contributed by atoms with Crippen LogP contribution < -0.4 is 10.0 Å². The minimum absolute atomic E-state index is 0.0508. The Balaban J connectivity index is 1.98. The first-order valence-electron chi connectivity index (χ1n) is 8.45. The van der Waals surface area contributed by atoms with E-state index in [4.69, 9.17) is 0 Å². The van der Waals surface area contributed by atoms with Gasteiger partial charge in [0.2, 0.25) is 15.9 Å². The Morgan fingerprint density at radius 1 is 0.964 bits per heavy atom. The van der Waals surface area contributed by atoms with Gasteiger partial charge in [-0.1, -0.05) is 12.1 Å². The number of rotatable bonds is 6. The van der Waals surface area contributed by atoms with Crippen molar-refractivity contribution in [3.05, 3.63) is 59.4 Å². The number of benzene rings is 2. The summed E-state index contributed by atoms with van der Waals surface area (Å²) in [5.41, 5.74) is -0.376. The molecule has 0 spiro atoms. The van der Waals surface area contributed by atoms with E-state index in [9.17, 15) is 26.4 Å². The van der Waals surface area contributed by atoms with Crippen molar-refractivity contribution >= 4 is 21.6 Å². The van der Waals surface area contributed by atoms with E-state index in [2.05, 4.69) is 10.0 Å². The first-order valence-corrected chi connectivity index (χ1v) is 9.93. The Hall–Kier alpha value is -2.39. The molecule has 0 aliphatic heterocycles. The molecule has 9 heteroatoms. The lowest BCUT2D eigenvalue weighted by Gasteiger charge is -2.20. The van der Waals surface area contributed by atoms with Gasteiger partial charge >= 0.3 is 0 Å². The van der Waals surface area contributed by atoms with Gasteiger partial charge in [-0.2, -0.15) is 0 Å². The van der Waals surface area contributed by atoms with E-state index in [-0.39, 0.29) is 17.7 Å². The van der Waals surface area contributed by atoms with Crippen LogP contribution in [0.15, 0.2) is 41.3 Å². The molecule has 5 nitrogen and oxygen atoms in total. The van der Waals surface area contributed by atoms with Crippen LogP contribution in [-0.2, 0) is 21.2 Å². The molecule has 2 aromatic carbocycles. The molecule has 0 aliphatic rings. The van der Waals surface area contributed by atoms with Crippen molar-refractivity contribution in [2.45, 2.75) is 44.0 Å². The smallest absolute Gasteiger partial charge is 0.241 e. The summed E-state index contributed by atoms with van der Waals surface area (Å²) in [4.78, 5) is 12.0. The molecule has 28 heavy (non-hydrogen) atoms. The Kier molecular flexibility index (Phi) is 6.51. The van der Waals surface area contributed by atoms with E-state index in [0.29, 0.717) is 5.56 Å². The van der Waals surface area contributed by atoms with Crippen molar-refractivity contribution in [3.63, 3.8) is 0 Å². The largest absolute Gasteiger partial charge is 0.323 e. The van der Waals surface area contributed by atoms with Gasteiger partial charge in [0.25, 0.3) is 0 Å². The minimum Gasteiger partial charge on any atom is -0.323 e. The standard InChI is InChI=1S/C19H21F3N2O3S/c1-19(2,3)24-28(26,27)13-7-4-12(5-8-13)6-11-16(25)23-15-10-9-14(20)17(21)18(15)22/h4-5,7-10,24H,6,11H2,1-3H3,(H,23,25). The fourth-order valence-corrected chi connectivity index (χ4v) is 3.81. The van der Waals surface area contributed by atoms with Gasteiger partial charge in [0.15, 0.2) is 17.5 Å². The van der Waals surface area contributed by atoms with Crippen LogP contribution in [0.25, 0.3) is 0 Å². The monoisotopic (exact) mass is 414 g/mol. The van der Waals surface area contributed by atoms with Crippen molar-refractivity contribution in [2.75, 3.05) is 5.32 Å². The third kappa shape index (κ3) is 5.80. The number of hydrogen-bond acceptors (Lipinski definition) is 3. The van der Waals surface area contributed by atoms with Gasteiger partial charge in [0.1, 0.15) is 0 Å². The maximum Gasteiger partial charge on any atom is 0.241 e. The lowest BCUT2D eigenvalue weighted by Crippen LogP contribution is -2.40. The van der Waals surface area contributed by atoms with E-state index in [1.165, 1.54) is 12.1 Å². The van der Waals surface area contributed by atoms with Crippen LogP contribution in [0, 0.1) is 17.5 Å². The van der Waals surface area contributed by atoms with Gasteiger partial charge in [0.05, 0.1) is 10.6 Å². The molecule has 0 bridgehead atoms. The van der Waals surface area contributed by atoms with Gasteiger partial charge in [0, 0.05) is 12.0 Å². The summed E-state index contributed by atoms with van der Waals surface area (Å²) < 4.78 is 66.7. The minimum atomic E-state index is -3.66. The first kappa shape index (κ1) is 21.9. The lowest BCUT2D eigenvalue weighted by atomic mass is 10.1. The maximum atomic E-state index is 13.6. The molecule has 0 fully saturated rings. The van der Waals surface area contributed by atoms with Crippen LogP contribution in [0.4, 0.5) is 18.9 Å². The van der Waals surface area contributed by atoms with Crippen molar-refractivity contribution in [1.82, 2.24) is 4.72 Å². The van der Waals surface area contributed by atoms with Crippen LogP contribution in [0.5, 0.6) is 0 Å². The number of carbonyl (C=O) groups is 1. The quantitative estimate of drug-likeness (QED) is 0.707. The predicted octanol–water partition coefficient (Wildman–Crippen LogP) is 3.75. The summed E-state index contributed by atoms with van der Waals surface area (Å²) in [5.74, 6) is -5.05.